The molecule has 0 unspecified atom stereocenters. The Bertz CT molecular complexity index is 616. The molecule has 2 aromatic carbocycles. The van der Waals surface area contributed by atoms with Crippen molar-refractivity contribution in [3.63, 3.8) is 0 Å². The van der Waals surface area contributed by atoms with Gasteiger partial charge in [0.15, 0.2) is 5.78 Å². The fourth-order valence-corrected chi connectivity index (χ4v) is 2.42. The van der Waals surface area contributed by atoms with Gasteiger partial charge in [-0.3, -0.25) is 4.79 Å². The first-order valence-corrected chi connectivity index (χ1v) is 6.23. The van der Waals surface area contributed by atoms with Crippen LogP contribution >= 0.6 is 0 Å². The van der Waals surface area contributed by atoms with E-state index in [4.69, 9.17) is 0 Å². The molecule has 0 atom stereocenters. The largest absolute Gasteiger partial charge is 0.384 e. The van der Waals surface area contributed by atoms with Crippen molar-refractivity contribution >= 4 is 11.5 Å². The van der Waals surface area contributed by atoms with E-state index in [0.717, 1.165) is 35.3 Å². The van der Waals surface area contributed by atoms with Crippen molar-refractivity contribution in [2.24, 2.45) is 0 Å². The van der Waals surface area contributed by atoms with Crippen LogP contribution in [0.5, 0.6) is 0 Å². The lowest BCUT2D eigenvalue weighted by atomic mass is 9.98. The minimum absolute atomic E-state index is 0.101. The number of benzene rings is 2. The van der Waals surface area contributed by atoms with Crippen molar-refractivity contribution in [1.29, 1.82) is 0 Å². The van der Waals surface area contributed by atoms with Gasteiger partial charge in [0.1, 0.15) is 0 Å². The molecule has 1 heterocycles. The van der Waals surface area contributed by atoms with Gasteiger partial charge < -0.3 is 5.32 Å². The summed E-state index contributed by atoms with van der Waals surface area (Å²) in [5, 5.41) is 3.31. The minimum Gasteiger partial charge on any atom is -0.384 e. The van der Waals surface area contributed by atoms with Crippen LogP contribution < -0.4 is 5.32 Å². The van der Waals surface area contributed by atoms with Crippen molar-refractivity contribution in [2.75, 3.05) is 11.9 Å². The molecular formula is C16H15NO. The number of rotatable bonds is 2. The molecule has 0 saturated carbocycles. The molecule has 1 aliphatic heterocycles. The molecule has 2 aromatic rings. The molecule has 2 nitrogen and oxygen atoms in total. The van der Waals surface area contributed by atoms with Crippen LogP contribution in [0.4, 0.5) is 5.69 Å². The van der Waals surface area contributed by atoms with Gasteiger partial charge >= 0.3 is 0 Å². The van der Waals surface area contributed by atoms with Crippen LogP contribution in [0.25, 0.3) is 0 Å². The van der Waals surface area contributed by atoms with Crippen LogP contribution in [0.3, 0.4) is 0 Å². The van der Waals surface area contributed by atoms with E-state index in [9.17, 15) is 4.79 Å². The van der Waals surface area contributed by atoms with E-state index in [1.165, 1.54) is 5.56 Å². The zero-order chi connectivity index (χ0) is 12.5. The number of hydrogen-bond acceptors (Lipinski definition) is 2. The maximum absolute atomic E-state index is 12.4. The lowest BCUT2D eigenvalue weighted by Gasteiger charge is -2.07. The van der Waals surface area contributed by atoms with E-state index in [0.29, 0.717) is 0 Å². The molecule has 18 heavy (non-hydrogen) atoms. The Balaban J connectivity index is 2.01. The van der Waals surface area contributed by atoms with Crippen molar-refractivity contribution in [1.82, 2.24) is 0 Å². The van der Waals surface area contributed by atoms with Gasteiger partial charge in [-0.05, 0) is 30.5 Å². The van der Waals surface area contributed by atoms with Gasteiger partial charge in [-0.25, -0.2) is 0 Å². The monoisotopic (exact) mass is 237 g/mol. The van der Waals surface area contributed by atoms with Crippen LogP contribution in [0.2, 0.25) is 0 Å². The zero-order valence-electron chi connectivity index (χ0n) is 10.4. The van der Waals surface area contributed by atoms with E-state index in [1.54, 1.807) is 0 Å². The Hall–Kier alpha value is -2.09. The van der Waals surface area contributed by atoms with Crippen LogP contribution in [0.1, 0.15) is 27.0 Å². The molecule has 0 saturated heterocycles. The molecule has 1 aliphatic rings. The van der Waals surface area contributed by atoms with E-state index >= 15 is 0 Å². The molecule has 0 radical (unpaired) electrons. The highest BCUT2D eigenvalue weighted by molar-refractivity contribution is 6.10. The summed E-state index contributed by atoms with van der Waals surface area (Å²) in [5.41, 5.74) is 4.98. The fourth-order valence-electron chi connectivity index (χ4n) is 2.42. The number of anilines is 1. The lowest BCUT2D eigenvalue weighted by Crippen LogP contribution is -2.04. The summed E-state index contributed by atoms with van der Waals surface area (Å²) in [7, 11) is 0. The Kier molecular flexibility index (Phi) is 2.63. The third-order valence-corrected chi connectivity index (χ3v) is 3.47. The summed E-state index contributed by atoms with van der Waals surface area (Å²) in [6.45, 7) is 2.94. The van der Waals surface area contributed by atoms with E-state index < -0.39 is 0 Å². The SMILES string of the molecule is Cc1ccccc1C(=O)c1ccc2c(c1)NCC2. The molecule has 0 spiro atoms. The number of nitrogens with one attached hydrogen (secondary N) is 1. The molecule has 0 aromatic heterocycles. The number of ketones is 1. The zero-order valence-corrected chi connectivity index (χ0v) is 10.4. The third kappa shape index (κ3) is 1.80. The second-order valence-corrected chi connectivity index (χ2v) is 4.69. The first-order valence-electron chi connectivity index (χ1n) is 6.23. The molecule has 1 N–H and O–H groups in total. The molecular weight excluding hydrogens is 222 g/mol. The fraction of sp³-hybridized carbons (Fsp3) is 0.188. The minimum atomic E-state index is 0.101. The van der Waals surface area contributed by atoms with Gasteiger partial charge in [-0.15, -0.1) is 0 Å². The first-order chi connectivity index (χ1) is 8.75. The summed E-state index contributed by atoms with van der Waals surface area (Å²) < 4.78 is 0. The number of carbonyl (C=O) groups is 1. The van der Waals surface area contributed by atoms with Gasteiger partial charge in [0.05, 0.1) is 0 Å². The summed E-state index contributed by atoms with van der Waals surface area (Å²) in [4.78, 5) is 12.4. The number of carbonyl (C=O) groups excluding carboxylic acids is 1. The number of hydrogen-bond donors (Lipinski definition) is 1. The summed E-state index contributed by atoms with van der Waals surface area (Å²) in [6, 6.07) is 13.7. The van der Waals surface area contributed by atoms with E-state index in [2.05, 4.69) is 11.4 Å². The average molecular weight is 237 g/mol. The predicted octanol–water partition coefficient (Wildman–Crippen LogP) is 3.19. The highest BCUT2D eigenvalue weighted by Gasteiger charge is 2.15. The number of fused-ring (bicyclic) bond motifs is 1. The Morgan fingerprint density at radius 2 is 2.00 bits per heavy atom. The normalized spacial score (nSPS) is 12.9. The van der Waals surface area contributed by atoms with Crippen molar-refractivity contribution in [3.8, 4) is 0 Å². The highest BCUT2D eigenvalue weighted by Crippen LogP contribution is 2.25. The molecule has 0 bridgehead atoms. The quantitative estimate of drug-likeness (QED) is 0.813. The molecule has 2 heteroatoms. The Morgan fingerprint density at radius 1 is 1.17 bits per heavy atom. The van der Waals surface area contributed by atoms with E-state index in [1.807, 2.05) is 43.3 Å². The lowest BCUT2D eigenvalue weighted by molar-refractivity contribution is 0.103. The summed E-state index contributed by atoms with van der Waals surface area (Å²) in [5.74, 6) is 0.101. The second-order valence-electron chi connectivity index (χ2n) is 4.69. The predicted molar refractivity (Wildman–Crippen MR) is 73.2 cm³/mol. The number of aryl methyl sites for hydroxylation is 1. The Labute approximate surface area is 107 Å². The molecule has 3 rings (SSSR count). The molecule has 0 fully saturated rings. The highest BCUT2D eigenvalue weighted by atomic mass is 16.1. The topological polar surface area (TPSA) is 29.1 Å². The van der Waals surface area contributed by atoms with Gasteiger partial charge in [0, 0.05) is 23.4 Å². The van der Waals surface area contributed by atoms with Crippen LogP contribution in [0.15, 0.2) is 42.5 Å². The molecule has 0 amide bonds. The second kappa shape index (κ2) is 4.30. The smallest absolute Gasteiger partial charge is 0.193 e. The van der Waals surface area contributed by atoms with Crippen LogP contribution in [-0.2, 0) is 6.42 Å². The van der Waals surface area contributed by atoms with Crippen molar-refractivity contribution in [3.05, 3.63) is 64.7 Å². The van der Waals surface area contributed by atoms with Gasteiger partial charge in [-0.1, -0.05) is 36.4 Å². The van der Waals surface area contributed by atoms with Gasteiger partial charge in [0.25, 0.3) is 0 Å². The molecule has 0 aliphatic carbocycles. The molecule has 90 valence electrons. The maximum Gasteiger partial charge on any atom is 0.193 e. The summed E-state index contributed by atoms with van der Waals surface area (Å²) >= 11 is 0. The Morgan fingerprint density at radius 3 is 2.83 bits per heavy atom. The average Bonchev–Trinajstić information content (AvgIpc) is 2.85. The van der Waals surface area contributed by atoms with Gasteiger partial charge in [-0.2, -0.15) is 0 Å². The standard InChI is InChI=1S/C16H15NO/c1-11-4-2-3-5-14(11)16(18)13-7-6-12-8-9-17-15(12)10-13/h2-7,10,17H,8-9H2,1H3. The van der Waals surface area contributed by atoms with Crippen LogP contribution in [0, 0.1) is 6.92 Å². The van der Waals surface area contributed by atoms with Crippen molar-refractivity contribution < 1.29 is 4.79 Å². The van der Waals surface area contributed by atoms with Gasteiger partial charge in [0.2, 0.25) is 0 Å². The van der Waals surface area contributed by atoms with E-state index in [-0.39, 0.29) is 5.78 Å². The van der Waals surface area contributed by atoms with Crippen molar-refractivity contribution in [2.45, 2.75) is 13.3 Å². The third-order valence-electron chi connectivity index (χ3n) is 3.47. The van der Waals surface area contributed by atoms with Crippen LogP contribution in [-0.4, -0.2) is 12.3 Å². The maximum atomic E-state index is 12.4. The first kappa shape index (κ1) is 11.0. The summed E-state index contributed by atoms with van der Waals surface area (Å²) in [6.07, 6.45) is 1.05.